The van der Waals surface area contributed by atoms with E-state index in [1.54, 1.807) is 18.5 Å². The maximum Gasteiger partial charge on any atom is 0.244 e. The van der Waals surface area contributed by atoms with E-state index in [1.165, 1.54) is 15.6 Å². The number of hydrogen-bond donors (Lipinski definition) is 1. The molecule has 7 heteroatoms. The first-order chi connectivity index (χ1) is 9.45. The van der Waals surface area contributed by atoms with E-state index >= 15 is 0 Å². The van der Waals surface area contributed by atoms with Gasteiger partial charge in [0.2, 0.25) is 10.0 Å². The van der Waals surface area contributed by atoms with Crippen LogP contribution in [0.2, 0.25) is 0 Å². The van der Waals surface area contributed by atoms with Crippen molar-refractivity contribution in [2.24, 2.45) is 5.92 Å². The SMILES string of the molecule is CN1CCC(CN(C)S(=O)(=O)c2ccsc2CO)CC1. The zero-order valence-electron chi connectivity index (χ0n) is 11.9. The van der Waals surface area contributed by atoms with Gasteiger partial charge in [0.1, 0.15) is 0 Å². The van der Waals surface area contributed by atoms with Crippen LogP contribution in [-0.4, -0.2) is 56.5 Å². The topological polar surface area (TPSA) is 60.9 Å². The highest BCUT2D eigenvalue weighted by atomic mass is 32.2. The second-order valence-corrected chi connectivity index (χ2v) is 8.41. The van der Waals surface area contributed by atoms with Crippen molar-refractivity contribution in [3.8, 4) is 0 Å². The van der Waals surface area contributed by atoms with Crippen LogP contribution >= 0.6 is 11.3 Å². The lowest BCUT2D eigenvalue weighted by molar-refractivity contribution is 0.202. The van der Waals surface area contributed by atoms with Crippen LogP contribution in [0.5, 0.6) is 0 Å². The van der Waals surface area contributed by atoms with Gasteiger partial charge in [-0.25, -0.2) is 12.7 Å². The number of aliphatic hydroxyl groups excluding tert-OH is 1. The fourth-order valence-electron chi connectivity index (χ4n) is 2.55. The van der Waals surface area contributed by atoms with Gasteiger partial charge in [-0.1, -0.05) is 0 Å². The first kappa shape index (κ1) is 15.9. The third-order valence-corrected chi connectivity index (χ3v) is 6.83. The molecule has 114 valence electrons. The minimum absolute atomic E-state index is 0.228. The van der Waals surface area contributed by atoms with Crippen LogP contribution in [0.3, 0.4) is 0 Å². The van der Waals surface area contributed by atoms with E-state index in [0.717, 1.165) is 25.9 Å². The summed E-state index contributed by atoms with van der Waals surface area (Å²) in [6.07, 6.45) is 2.07. The zero-order chi connectivity index (χ0) is 14.8. The lowest BCUT2D eigenvalue weighted by Gasteiger charge is -2.31. The number of likely N-dealkylation sites (tertiary alicyclic amines) is 1. The van der Waals surface area contributed by atoms with Crippen molar-refractivity contribution in [2.45, 2.75) is 24.3 Å². The summed E-state index contributed by atoms with van der Waals surface area (Å²) >= 11 is 1.28. The Labute approximate surface area is 124 Å². The largest absolute Gasteiger partial charge is 0.391 e. The van der Waals surface area contributed by atoms with E-state index in [-0.39, 0.29) is 11.5 Å². The second kappa shape index (κ2) is 6.53. The van der Waals surface area contributed by atoms with E-state index in [0.29, 0.717) is 17.3 Å². The highest BCUT2D eigenvalue weighted by Gasteiger charge is 2.27. The lowest BCUT2D eigenvalue weighted by Crippen LogP contribution is -2.38. The molecule has 0 aliphatic carbocycles. The van der Waals surface area contributed by atoms with E-state index in [2.05, 4.69) is 11.9 Å². The summed E-state index contributed by atoms with van der Waals surface area (Å²) in [6.45, 7) is 2.38. The van der Waals surface area contributed by atoms with Crippen LogP contribution in [0.1, 0.15) is 17.7 Å². The summed E-state index contributed by atoms with van der Waals surface area (Å²) in [4.78, 5) is 3.04. The predicted octanol–water partition coefficient (Wildman–Crippen LogP) is 1.20. The Morgan fingerprint density at radius 2 is 2.10 bits per heavy atom. The highest BCUT2D eigenvalue weighted by Crippen LogP contribution is 2.26. The summed E-state index contributed by atoms with van der Waals surface area (Å²) in [6, 6.07) is 1.58. The number of aliphatic hydroxyl groups is 1. The Kier molecular flexibility index (Phi) is 5.19. The van der Waals surface area contributed by atoms with Crippen molar-refractivity contribution in [2.75, 3.05) is 33.7 Å². The number of sulfonamides is 1. The van der Waals surface area contributed by atoms with Crippen LogP contribution in [0.25, 0.3) is 0 Å². The van der Waals surface area contributed by atoms with Crippen LogP contribution in [-0.2, 0) is 16.6 Å². The average Bonchev–Trinajstić information content (AvgIpc) is 2.90. The number of nitrogens with zero attached hydrogens (tertiary/aromatic N) is 2. The van der Waals surface area contributed by atoms with Crippen molar-refractivity contribution >= 4 is 21.4 Å². The molecule has 20 heavy (non-hydrogen) atoms. The summed E-state index contributed by atoms with van der Waals surface area (Å²) in [7, 11) is 0.243. The molecule has 1 aromatic heterocycles. The van der Waals surface area contributed by atoms with Gasteiger partial charge in [-0.3, -0.25) is 0 Å². The van der Waals surface area contributed by atoms with Crippen LogP contribution in [0.4, 0.5) is 0 Å². The Morgan fingerprint density at radius 3 is 2.70 bits per heavy atom. The molecule has 1 aliphatic rings. The molecule has 0 spiro atoms. The van der Waals surface area contributed by atoms with Crippen molar-refractivity contribution in [3.63, 3.8) is 0 Å². The average molecular weight is 318 g/mol. The van der Waals surface area contributed by atoms with E-state index in [4.69, 9.17) is 0 Å². The molecule has 1 N–H and O–H groups in total. The molecule has 2 rings (SSSR count). The Hall–Kier alpha value is -0.470. The molecule has 1 aromatic rings. The molecular formula is C13H22N2O3S2. The Balaban J connectivity index is 2.06. The van der Waals surface area contributed by atoms with Gasteiger partial charge in [-0.2, -0.15) is 0 Å². The monoisotopic (exact) mass is 318 g/mol. The molecule has 2 heterocycles. The van der Waals surface area contributed by atoms with Gasteiger partial charge < -0.3 is 10.0 Å². The fraction of sp³-hybridized carbons (Fsp3) is 0.692. The molecule has 1 saturated heterocycles. The Bertz CT molecular complexity index is 534. The van der Waals surface area contributed by atoms with Gasteiger partial charge in [-0.15, -0.1) is 11.3 Å². The predicted molar refractivity (Wildman–Crippen MR) is 80.3 cm³/mol. The van der Waals surface area contributed by atoms with Gasteiger partial charge in [0.15, 0.2) is 0 Å². The van der Waals surface area contributed by atoms with Gasteiger partial charge in [0.05, 0.1) is 11.5 Å². The molecule has 0 radical (unpaired) electrons. The first-order valence-corrected chi connectivity index (χ1v) is 9.09. The Morgan fingerprint density at radius 1 is 1.45 bits per heavy atom. The standard InChI is InChI=1S/C13H22N2O3S2/c1-14-6-3-11(4-7-14)9-15(2)20(17,18)13-5-8-19-12(13)10-16/h5,8,11,16H,3-4,6-7,9-10H2,1-2H3. The van der Waals surface area contributed by atoms with Gasteiger partial charge in [0.25, 0.3) is 0 Å². The highest BCUT2D eigenvalue weighted by molar-refractivity contribution is 7.89. The quantitative estimate of drug-likeness (QED) is 0.886. The summed E-state index contributed by atoms with van der Waals surface area (Å²) in [5.41, 5.74) is 0. The van der Waals surface area contributed by atoms with Gasteiger partial charge >= 0.3 is 0 Å². The molecule has 1 aliphatic heterocycles. The molecule has 0 aromatic carbocycles. The number of thiophene rings is 1. The molecular weight excluding hydrogens is 296 g/mol. The molecule has 5 nitrogen and oxygen atoms in total. The summed E-state index contributed by atoms with van der Waals surface area (Å²) < 4.78 is 26.5. The number of hydrogen-bond acceptors (Lipinski definition) is 5. The molecule has 0 bridgehead atoms. The minimum Gasteiger partial charge on any atom is -0.391 e. The molecule has 0 atom stereocenters. The number of rotatable bonds is 5. The second-order valence-electron chi connectivity index (χ2n) is 5.40. The van der Waals surface area contributed by atoms with Crippen molar-refractivity contribution in [1.82, 2.24) is 9.21 Å². The van der Waals surface area contributed by atoms with E-state index in [9.17, 15) is 13.5 Å². The van der Waals surface area contributed by atoms with Crippen molar-refractivity contribution in [3.05, 3.63) is 16.3 Å². The molecule has 0 amide bonds. The van der Waals surface area contributed by atoms with Gasteiger partial charge in [-0.05, 0) is 50.3 Å². The third kappa shape index (κ3) is 3.40. The maximum absolute atomic E-state index is 12.5. The van der Waals surface area contributed by atoms with E-state index in [1.807, 2.05) is 0 Å². The maximum atomic E-state index is 12.5. The summed E-state index contributed by atoms with van der Waals surface area (Å²) in [5.74, 6) is 0.419. The smallest absolute Gasteiger partial charge is 0.244 e. The normalized spacial score (nSPS) is 18.8. The van der Waals surface area contributed by atoms with Crippen LogP contribution in [0, 0.1) is 5.92 Å². The first-order valence-electron chi connectivity index (χ1n) is 6.77. The van der Waals surface area contributed by atoms with Crippen LogP contribution in [0.15, 0.2) is 16.3 Å². The third-order valence-electron chi connectivity index (χ3n) is 3.89. The molecule has 1 fully saturated rings. The fourth-order valence-corrected chi connectivity index (χ4v) is 5.06. The van der Waals surface area contributed by atoms with Crippen molar-refractivity contribution in [1.29, 1.82) is 0 Å². The van der Waals surface area contributed by atoms with Crippen LogP contribution < -0.4 is 0 Å². The van der Waals surface area contributed by atoms with E-state index < -0.39 is 10.0 Å². The molecule has 0 unspecified atom stereocenters. The molecule has 0 saturated carbocycles. The minimum atomic E-state index is -3.48. The van der Waals surface area contributed by atoms with Gasteiger partial charge in [0, 0.05) is 18.5 Å². The number of piperidine rings is 1. The zero-order valence-corrected chi connectivity index (χ0v) is 13.6. The van der Waals surface area contributed by atoms with Crippen molar-refractivity contribution < 1.29 is 13.5 Å². The lowest BCUT2D eigenvalue weighted by atomic mass is 9.97. The summed E-state index contributed by atoms with van der Waals surface area (Å²) in [5, 5.41) is 10.9.